The van der Waals surface area contributed by atoms with E-state index in [9.17, 15) is 9.18 Å². The van der Waals surface area contributed by atoms with Gasteiger partial charge in [-0.15, -0.1) is 0 Å². The van der Waals surface area contributed by atoms with Gasteiger partial charge in [-0.1, -0.05) is 24.3 Å². The summed E-state index contributed by atoms with van der Waals surface area (Å²) < 4.78 is 13.8. The number of rotatable bonds is 3. The molecule has 1 aromatic heterocycles. The fourth-order valence-corrected chi connectivity index (χ4v) is 3.39. The minimum atomic E-state index is -0.429. The molecule has 1 unspecified atom stereocenters. The monoisotopic (exact) mass is 324 g/mol. The van der Waals surface area contributed by atoms with Gasteiger partial charge in [0.1, 0.15) is 5.82 Å². The van der Waals surface area contributed by atoms with E-state index in [-0.39, 0.29) is 11.5 Å². The summed E-state index contributed by atoms with van der Waals surface area (Å²) in [6.45, 7) is 1.39. The lowest BCUT2D eigenvalue weighted by Crippen LogP contribution is -2.24. The van der Waals surface area contributed by atoms with Crippen molar-refractivity contribution < 1.29 is 4.39 Å². The van der Waals surface area contributed by atoms with E-state index in [4.69, 9.17) is 0 Å². The lowest BCUT2D eigenvalue weighted by atomic mass is 9.88. The Bertz CT molecular complexity index is 982. The predicted molar refractivity (Wildman–Crippen MR) is 91.9 cm³/mol. The molecule has 0 bridgehead atoms. The second-order valence-electron chi connectivity index (χ2n) is 6.02. The summed E-state index contributed by atoms with van der Waals surface area (Å²) in [5.41, 5.74) is 3.33. The molecule has 24 heavy (non-hydrogen) atoms. The zero-order chi connectivity index (χ0) is 16.7. The molecule has 2 heterocycles. The summed E-state index contributed by atoms with van der Waals surface area (Å²) in [6, 6.07) is 11.0. The summed E-state index contributed by atoms with van der Waals surface area (Å²) >= 11 is 0. The van der Waals surface area contributed by atoms with E-state index in [1.807, 2.05) is 13.1 Å². The van der Waals surface area contributed by atoms with Crippen molar-refractivity contribution in [3.05, 3.63) is 69.4 Å². The molecule has 1 aliphatic heterocycles. The zero-order valence-corrected chi connectivity index (χ0v) is 13.2. The van der Waals surface area contributed by atoms with Gasteiger partial charge in [-0.2, -0.15) is 5.10 Å². The van der Waals surface area contributed by atoms with Crippen molar-refractivity contribution in [1.82, 2.24) is 15.5 Å². The minimum absolute atomic E-state index is 0.000817. The van der Waals surface area contributed by atoms with Crippen molar-refractivity contribution in [3.63, 3.8) is 0 Å². The second-order valence-corrected chi connectivity index (χ2v) is 6.02. The van der Waals surface area contributed by atoms with Crippen molar-refractivity contribution >= 4 is 16.5 Å². The number of hydrogen-bond donors (Lipinski definition) is 3. The summed E-state index contributed by atoms with van der Waals surface area (Å²) in [7, 11) is 1.91. The third-order valence-electron chi connectivity index (χ3n) is 4.44. The quantitative estimate of drug-likeness (QED) is 0.692. The van der Waals surface area contributed by atoms with Gasteiger partial charge in [0.05, 0.1) is 11.1 Å². The first kappa shape index (κ1) is 14.8. The highest BCUT2D eigenvalue weighted by Gasteiger charge is 2.26. The standard InChI is InChI=1S/C18H17FN4O/c1-20-8-10-3-2-4-11(5-10)14-9-21-15-7-12(19)6-13-16(15)17(14)22-23-18(13)24/h2-7,14,20-21H,8-9H2,1H3,(H,23,24). The normalized spacial score (nSPS) is 16.2. The number of nitrogens with zero attached hydrogens (tertiary/aromatic N) is 1. The fourth-order valence-electron chi connectivity index (χ4n) is 3.39. The van der Waals surface area contributed by atoms with Crippen LogP contribution in [0.4, 0.5) is 10.1 Å². The number of halogens is 1. The van der Waals surface area contributed by atoms with Gasteiger partial charge in [0.15, 0.2) is 0 Å². The molecule has 0 saturated carbocycles. The SMILES string of the molecule is CNCc1cccc(C2CNc3cc(F)cc4c(=O)[nH]nc2c34)c1. The summed E-state index contributed by atoms with van der Waals surface area (Å²) in [5.74, 6) is -0.429. The van der Waals surface area contributed by atoms with E-state index >= 15 is 0 Å². The molecule has 6 heteroatoms. The van der Waals surface area contributed by atoms with Crippen LogP contribution in [0.5, 0.6) is 0 Å². The Morgan fingerprint density at radius 3 is 3.04 bits per heavy atom. The fraction of sp³-hybridized carbons (Fsp3) is 0.222. The van der Waals surface area contributed by atoms with Gasteiger partial charge < -0.3 is 10.6 Å². The third-order valence-corrected chi connectivity index (χ3v) is 4.44. The van der Waals surface area contributed by atoms with Crippen LogP contribution in [0, 0.1) is 5.82 Å². The Morgan fingerprint density at radius 1 is 1.33 bits per heavy atom. The molecule has 0 amide bonds. The second kappa shape index (κ2) is 5.72. The van der Waals surface area contributed by atoms with E-state index in [1.165, 1.54) is 17.7 Å². The number of benzene rings is 2. The highest BCUT2D eigenvalue weighted by atomic mass is 19.1. The van der Waals surface area contributed by atoms with Crippen molar-refractivity contribution in [2.24, 2.45) is 0 Å². The highest BCUT2D eigenvalue weighted by Crippen LogP contribution is 2.36. The van der Waals surface area contributed by atoms with Crippen molar-refractivity contribution in [2.45, 2.75) is 12.5 Å². The van der Waals surface area contributed by atoms with Crippen molar-refractivity contribution in [1.29, 1.82) is 0 Å². The number of aromatic nitrogens is 2. The molecule has 1 aliphatic rings. The van der Waals surface area contributed by atoms with Gasteiger partial charge in [0.2, 0.25) is 0 Å². The number of nitrogens with one attached hydrogen (secondary N) is 3. The van der Waals surface area contributed by atoms with Gasteiger partial charge in [0, 0.05) is 30.1 Å². The van der Waals surface area contributed by atoms with Gasteiger partial charge >= 0.3 is 0 Å². The molecule has 3 N–H and O–H groups in total. The Morgan fingerprint density at radius 2 is 2.21 bits per heavy atom. The van der Waals surface area contributed by atoms with Crippen LogP contribution >= 0.6 is 0 Å². The van der Waals surface area contributed by atoms with Crippen molar-refractivity contribution in [2.75, 3.05) is 18.9 Å². The lowest BCUT2D eigenvalue weighted by molar-refractivity contribution is 0.629. The van der Waals surface area contributed by atoms with E-state index in [0.29, 0.717) is 23.0 Å². The maximum absolute atomic E-state index is 13.8. The number of aromatic amines is 1. The Balaban J connectivity index is 1.90. The molecule has 0 fully saturated rings. The van der Waals surface area contributed by atoms with Crippen molar-refractivity contribution in [3.8, 4) is 0 Å². The summed E-state index contributed by atoms with van der Waals surface area (Å²) in [5, 5.41) is 14.2. The third kappa shape index (κ3) is 2.35. The Kier molecular flexibility index (Phi) is 3.54. The molecule has 0 saturated heterocycles. The first-order valence-corrected chi connectivity index (χ1v) is 7.86. The van der Waals surface area contributed by atoms with E-state index < -0.39 is 5.82 Å². The first-order chi connectivity index (χ1) is 11.7. The topological polar surface area (TPSA) is 69.8 Å². The molecule has 0 radical (unpaired) electrons. The molecule has 5 nitrogen and oxygen atoms in total. The van der Waals surface area contributed by atoms with Crippen LogP contribution in [0.2, 0.25) is 0 Å². The van der Waals surface area contributed by atoms with Crippen LogP contribution in [0.25, 0.3) is 10.8 Å². The summed E-state index contributed by atoms with van der Waals surface area (Å²) in [4.78, 5) is 12.0. The average molecular weight is 324 g/mol. The molecule has 0 aliphatic carbocycles. The molecule has 0 spiro atoms. The van der Waals surface area contributed by atoms with Crippen LogP contribution in [0.1, 0.15) is 22.7 Å². The summed E-state index contributed by atoms with van der Waals surface area (Å²) in [6.07, 6.45) is 0. The van der Waals surface area contributed by atoms with E-state index in [2.05, 4.69) is 39.0 Å². The van der Waals surface area contributed by atoms with Crippen LogP contribution in [0.15, 0.2) is 41.2 Å². The lowest BCUT2D eigenvalue weighted by Gasteiger charge is -2.26. The predicted octanol–water partition coefficient (Wildman–Crippen LogP) is 2.34. The van der Waals surface area contributed by atoms with E-state index in [0.717, 1.165) is 17.8 Å². The minimum Gasteiger partial charge on any atom is -0.383 e. The highest BCUT2D eigenvalue weighted by molar-refractivity contribution is 5.97. The van der Waals surface area contributed by atoms with Gasteiger partial charge in [-0.05, 0) is 30.3 Å². The Labute approximate surface area is 137 Å². The zero-order valence-electron chi connectivity index (χ0n) is 13.2. The molecular formula is C18H17FN4O. The molecule has 4 rings (SSSR count). The van der Waals surface area contributed by atoms with Gasteiger partial charge in [-0.25, -0.2) is 9.49 Å². The molecule has 1 atom stereocenters. The maximum atomic E-state index is 13.8. The largest absolute Gasteiger partial charge is 0.383 e. The van der Waals surface area contributed by atoms with Gasteiger partial charge in [-0.3, -0.25) is 4.79 Å². The van der Waals surface area contributed by atoms with Gasteiger partial charge in [0.25, 0.3) is 5.56 Å². The molecular weight excluding hydrogens is 307 g/mol. The first-order valence-electron chi connectivity index (χ1n) is 7.86. The van der Waals surface area contributed by atoms with Crippen LogP contribution in [-0.4, -0.2) is 23.8 Å². The number of anilines is 1. The molecule has 3 aromatic rings. The molecule has 2 aromatic carbocycles. The smallest absolute Gasteiger partial charge is 0.272 e. The maximum Gasteiger partial charge on any atom is 0.272 e. The number of H-pyrrole nitrogens is 1. The molecule has 122 valence electrons. The van der Waals surface area contributed by atoms with Crippen LogP contribution < -0.4 is 16.2 Å². The number of hydrogen-bond acceptors (Lipinski definition) is 4. The Hall–Kier alpha value is -2.73. The van der Waals surface area contributed by atoms with E-state index in [1.54, 1.807) is 0 Å². The average Bonchev–Trinajstić information content (AvgIpc) is 2.58. The van der Waals surface area contributed by atoms with Crippen LogP contribution in [-0.2, 0) is 6.54 Å². The van der Waals surface area contributed by atoms with Crippen LogP contribution in [0.3, 0.4) is 0 Å².